The average Bonchev–Trinajstić information content (AvgIpc) is 3.27. The number of fused-ring (bicyclic) bond motifs is 1. The van der Waals surface area contributed by atoms with E-state index in [9.17, 15) is 0 Å². The zero-order chi connectivity index (χ0) is 18.3. The minimum atomic E-state index is 0.188. The standard InChI is InChI=1S/C17H21N9/c1-24(2)14-5-8-26-17(22-14)13(10-20-26)21-15-11(18)9-12(19)16(23-15)25-6-3-4-7-25/h5,8-10,18H,3-4,6-7,19H2,1-2H3/b18-11?,21-15-. The van der Waals surface area contributed by atoms with E-state index in [-0.39, 0.29) is 5.71 Å². The van der Waals surface area contributed by atoms with Gasteiger partial charge in [-0.25, -0.2) is 19.5 Å². The Bertz CT molecular complexity index is 958. The lowest BCUT2D eigenvalue weighted by molar-refractivity contribution is 0.519. The Labute approximate surface area is 151 Å². The Morgan fingerprint density at radius 2 is 2.04 bits per heavy atom. The first kappa shape index (κ1) is 16.2. The molecule has 2 aromatic heterocycles. The molecule has 2 aliphatic heterocycles. The van der Waals surface area contributed by atoms with Crippen molar-refractivity contribution in [2.45, 2.75) is 12.8 Å². The number of rotatable bonds is 2. The molecule has 0 amide bonds. The largest absolute Gasteiger partial charge is 0.396 e. The van der Waals surface area contributed by atoms with Crippen LogP contribution in [0.4, 0.5) is 11.5 Å². The van der Waals surface area contributed by atoms with E-state index < -0.39 is 0 Å². The zero-order valence-corrected chi connectivity index (χ0v) is 14.8. The number of aromatic nitrogens is 3. The topological polar surface area (TPSA) is 111 Å². The SMILES string of the molecule is CN(C)c1ccn2ncc(/N=C3\N=C(N4CCCC4)C(N)=CC3=N)c2n1. The lowest BCUT2D eigenvalue weighted by Crippen LogP contribution is -2.36. The highest BCUT2D eigenvalue weighted by atomic mass is 15.3. The van der Waals surface area contributed by atoms with Gasteiger partial charge in [-0.2, -0.15) is 5.10 Å². The van der Waals surface area contributed by atoms with Crippen molar-refractivity contribution in [3.63, 3.8) is 0 Å². The highest BCUT2D eigenvalue weighted by Crippen LogP contribution is 2.22. The van der Waals surface area contributed by atoms with Crippen molar-refractivity contribution < 1.29 is 0 Å². The first-order chi connectivity index (χ1) is 12.5. The van der Waals surface area contributed by atoms with Crippen LogP contribution < -0.4 is 10.6 Å². The van der Waals surface area contributed by atoms with Crippen molar-refractivity contribution in [1.29, 1.82) is 5.41 Å². The fourth-order valence-electron chi connectivity index (χ4n) is 3.07. The molecular formula is C17H21N9. The summed E-state index contributed by atoms with van der Waals surface area (Å²) in [5.74, 6) is 1.84. The molecule has 26 heavy (non-hydrogen) atoms. The van der Waals surface area contributed by atoms with Crippen LogP contribution in [-0.2, 0) is 0 Å². The number of hydrogen-bond acceptors (Lipinski definition) is 7. The normalized spacial score (nSPS) is 19.2. The first-order valence-corrected chi connectivity index (χ1v) is 8.53. The average molecular weight is 351 g/mol. The van der Waals surface area contributed by atoms with Gasteiger partial charge in [-0.3, -0.25) is 5.41 Å². The van der Waals surface area contributed by atoms with Crippen LogP contribution in [0.25, 0.3) is 5.65 Å². The quantitative estimate of drug-likeness (QED) is 0.844. The minimum Gasteiger partial charge on any atom is -0.396 e. The molecule has 2 aromatic rings. The molecule has 9 heteroatoms. The summed E-state index contributed by atoms with van der Waals surface area (Å²) in [4.78, 5) is 17.8. The maximum Gasteiger partial charge on any atom is 0.183 e. The van der Waals surface area contributed by atoms with Crippen LogP contribution in [0.15, 0.2) is 40.2 Å². The third kappa shape index (κ3) is 2.81. The van der Waals surface area contributed by atoms with Crippen molar-refractivity contribution in [1.82, 2.24) is 19.5 Å². The maximum absolute atomic E-state index is 8.19. The van der Waals surface area contributed by atoms with E-state index in [1.165, 1.54) is 0 Å². The van der Waals surface area contributed by atoms with Crippen molar-refractivity contribution >= 4 is 34.5 Å². The van der Waals surface area contributed by atoms with Gasteiger partial charge in [0.05, 0.1) is 11.9 Å². The van der Waals surface area contributed by atoms with Gasteiger partial charge in [0.2, 0.25) is 0 Å². The van der Waals surface area contributed by atoms with Gasteiger partial charge in [-0.05, 0) is 25.0 Å². The third-order valence-electron chi connectivity index (χ3n) is 4.44. The van der Waals surface area contributed by atoms with Crippen LogP contribution in [0.2, 0.25) is 0 Å². The van der Waals surface area contributed by atoms with Crippen molar-refractivity contribution in [3.05, 3.63) is 30.2 Å². The Balaban J connectivity index is 1.76. The van der Waals surface area contributed by atoms with Gasteiger partial charge in [0.15, 0.2) is 17.3 Å². The molecule has 2 aliphatic rings. The summed E-state index contributed by atoms with van der Waals surface area (Å²) in [6, 6.07) is 1.88. The Morgan fingerprint density at radius 1 is 1.27 bits per heavy atom. The van der Waals surface area contributed by atoms with Crippen LogP contribution in [0.5, 0.6) is 0 Å². The molecule has 134 valence electrons. The summed E-state index contributed by atoms with van der Waals surface area (Å²) in [6.07, 6.45) is 7.34. The molecule has 0 aromatic carbocycles. The van der Waals surface area contributed by atoms with Gasteiger partial charge in [-0.15, -0.1) is 0 Å². The minimum absolute atomic E-state index is 0.188. The Morgan fingerprint density at radius 3 is 2.77 bits per heavy atom. The lowest BCUT2D eigenvalue weighted by Gasteiger charge is -2.23. The molecule has 0 radical (unpaired) electrons. The Kier molecular flexibility index (Phi) is 3.90. The fourth-order valence-corrected chi connectivity index (χ4v) is 3.07. The number of amidine groups is 2. The molecule has 4 heterocycles. The predicted molar refractivity (Wildman–Crippen MR) is 103 cm³/mol. The second-order valence-corrected chi connectivity index (χ2v) is 6.56. The molecule has 0 bridgehead atoms. The summed E-state index contributed by atoms with van der Waals surface area (Å²) in [6.45, 7) is 1.86. The van der Waals surface area contributed by atoms with Gasteiger partial charge in [0.1, 0.15) is 17.2 Å². The number of anilines is 1. The summed E-state index contributed by atoms with van der Waals surface area (Å²) in [5.41, 5.74) is 7.99. The molecule has 4 rings (SSSR count). The molecule has 0 unspecified atom stereocenters. The number of dihydropyridines is 1. The van der Waals surface area contributed by atoms with E-state index in [0.717, 1.165) is 31.7 Å². The van der Waals surface area contributed by atoms with Crippen LogP contribution in [0.1, 0.15) is 12.8 Å². The van der Waals surface area contributed by atoms with E-state index in [0.29, 0.717) is 28.7 Å². The third-order valence-corrected chi connectivity index (χ3v) is 4.44. The second kappa shape index (κ2) is 6.25. The van der Waals surface area contributed by atoms with Crippen molar-refractivity contribution in [2.24, 2.45) is 15.7 Å². The van der Waals surface area contributed by atoms with Crippen molar-refractivity contribution in [2.75, 3.05) is 32.1 Å². The van der Waals surface area contributed by atoms with Gasteiger partial charge in [-0.1, -0.05) is 0 Å². The van der Waals surface area contributed by atoms with Gasteiger partial charge in [0.25, 0.3) is 0 Å². The molecule has 1 saturated heterocycles. The molecular weight excluding hydrogens is 330 g/mol. The molecule has 0 atom stereocenters. The summed E-state index contributed by atoms with van der Waals surface area (Å²) in [7, 11) is 3.86. The fraction of sp³-hybridized carbons (Fsp3) is 0.353. The van der Waals surface area contributed by atoms with Crippen LogP contribution >= 0.6 is 0 Å². The smallest absolute Gasteiger partial charge is 0.183 e. The molecule has 9 nitrogen and oxygen atoms in total. The molecule has 1 fully saturated rings. The molecule has 0 spiro atoms. The monoisotopic (exact) mass is 351 g/mol. The predicted octanol–water partition coefficient (Wildman–Crippen LogP) is 1.20. The van der Waals surface area contributed by atoms with E-state index in [1.807, 2.05) is 31.3 Å². The maximum atomic E-state index is 8.19. The van der Waals surface area contributed by atoms with E-state index >= 15 is 0 Å². The number of nitrogens with two attached hydrogens (primary N) is 1. The molecule has 0 saturated carbocycles. The second-order valence-electron chi connectivity index (χ2n) is 6.56. The van der Waals surface area contributed by atoms with Crippen LogP contribution in [0, 0.1) is 5.41 Å². The summed E-state index contributed by atoms with van der Waals surface area (Å²) >= 11 is 0. The lowest BCUT2D eigenvalue weighted by atomic mass is 10.2. The van der Waals surface area contributed by atoms with Gasteiger partial charge < -0.3 is 15.5 Å². The van der Waals surface area contributed by atoms with Gasteiger partial charge >= 0.3 is 0 Å². The molecule has 3 N–H and O–H groups in total. The summed E-state index contributed by atoms with van der Waals surface area (Å²) in [5, 5.41) is 12.5. The number of aliphatic imine (C=N–C) groups is 2. The van der Waals surface area contributed by atoms with Gasteiger partial charge in [0, 0.05) is 33.4 Å². The van der Waals surface area contributed by atoms with Crippen molar-refractivity contribution in [3.8, 4) is 0 Å². The highest BCUT2D eigenvalue weighted by molar-refractivity contribution is 6.49. The van der Waals surface area contributed by atoms with E-state index in [2.05, 4.69) is 25.0 Å². The van der Waals surface area contributed by atoms with E-state index in [4.69, 9.17) is 11.1 Å². The number of nitrogens with one attached hydrogen (secondary N) is 1. The highest BCUT2D eigenvalue weighted by Gasteiger charge is 2.24. The Hall–Kier alpha value is -3.23. The summed E-state index contributed by atoms with van der Waals surface area (Å²) < 4.78 is 1.66. The van der Waals surface area contributed by atoms with Crippen LogP contribution in [-0.4, -0.2) is 64.1 Å². The number of hydrogen-bond donors (Lipinski definition) is 2. The first-order valence-electron chi connectivity index (χ1n) is 8.53. The molecule has 0 aliphatic carbocycles. The van der Waals surface area contributed by atoms with Crippen LogP contribution in [0.3, 0.4) is 0 Å². The number of nitrogens with zero attached hydrogens (tertiary/aromatic N) is 7. The zero-order valence-electron chi connectivity index (χ0n) is 14.8. The number of likely N-dealkylation sites (tertiary alicyclic amines) is 1. The van der Waals surface area contributed by atoms with E-state index in [1.54, 1.807) is 16.8 Å².